The molecule has 0 aliphatic heterocycles. The van der Waals surface area contributed by atoms with Crippen molar-refractivity contribution in [3.63, 3.8) is 0 Å². The minimum Gasteiger partial charge on any atom is -0.550 e. The van der Waals surface area contributed by atoms with Gasteiger partial charge in [-0.1, -0.05) is 0 Å². The number of carbonyl (C=O) groups excluding carboxylic acids is 2. The summed E-state index contributed by atoms with van der Waals surface area (Å²) in [7, 11) is 0. The van der Waals surface area contributed by atoms with Crippen molar-refractivity contribution in [2.45, 2.75) is 33.2 Å². The number of ether oxygens (including phenoxy) is 1. The van der Waals surface area contributed by atoms with Gasteiger partial charge in [0, 0.05) is 18.9 Å². The number of carbonyl (C=O) groups is 2. The van der Waals surface area contributed by atoms with Crippen LogP contribution >= 0.6 is 0 Å². The summed E-state index contributed by atoms with van der Waals surface area (Å²) in [6.45, 7) is 4.15. The Kier molecular flexibility index (Phi) is 5.10. The Labute approximate surface area is 132 Å². The lowest BCUT2D eigenvalue weighted by atomic mass is 10.1. The Morgan fingerprint density at radius 3 is 2.65 bits per heavy atom. The van der Waals surface area contributed by atoms with E-state index in [4.69, 9.17) is 4.74 Å². The van der Waals surface area contributed by atoms with E-state index in [1.165, 1.54) is 4.57 Å². The van der Waals surface area contributed by atoms with Crippen LogP contribution in [0, 0.1) is 0 Å². The molecule has 0 aliphatic rings. The SMILES string of the molecule is CCOC(=O)c1ccc2nc(CCC(=O)[O-])c(=O)n(CC)c2c1. The van der Waals surface area contributed by atoms with Crippen LogP contribution in [0.4, 0.5) is 0 Å². The van der Waals surface area contributed by atoms with E-state index >= 15 is 0 Å². The van der Waals surface area contributed by atoms with Gasteiger partial charge in [0.1, 0.15) is 5.69 Å². The fourth-order valence-corrected chi connectivity index (χ4v) is 2.33. The molecule has 0 radical (unpaired) electrons. The number of benzene rings is 1. The number of carboxylic acids is 1. The lowest BCUT2D eigenvalue weighted by molar-refractivity contribution is -0.305. The van der Waals surface area contributed by atoms with E-state index in [0.29, 0.717) is 23.1 Å². The third-order valence-electron chi connectivity index (χ3n) is 3.41. The first-order chi connectivity index (χ1) is 11.0. The van der Waals surface area contributed by atoms with Crippen LogP contribution in [-0.4, -0.2) is 28.1 Å². The van der Waals surface area contributed by atoms with E-state index in [0.717, 1.165) is 0 Å². The Balaban J connectivity index is 2.55. The molecule has 0 saturated carbocycles. The fraction of sp³-hybridized carbons (Fsp3) is 0.375. The van der Waals surface area contributed by atoms with Crippen molar-refractivity contribution in [3.05, 3.63) is 39.8 Å². The van der Waals surface area contributed by atoms with Crippen LogP contribution in [0.3, 0.4) is 0 Å². The van der Waals surface area contributed by atoms with Crippen molar-refractivity contribution < 1.29 is 19.4 Å². The Morgan fingerprint density at radius 1 is 1.30 bits per heavy atom. The van der Waals surface area contributed by atoms with E-state index in [1.807, 2.05) is 0 Å². The van der Waals surface area contributed by atoms with Gasteiger partial charge in [0.15, 0.2) is 0 Å². The Hall–Kier alpha value is -2.70. The highest BCUT2D eigenvalue weighted by molar-refractivity contribution is 5.93. The minimum atomic E-state index is -1.23. The summed E-state index contributed by atoms with van der Waals surface area (Å²) in [6, 6.07) is 4.75. The van der Waals surface area contributed by atoms with Gasteiger partial charge in [-0.2, -0.15) is 0 Å². The maximum absolute atomic E-state index is 12.4. The summed E-state index contributed by atoms with van der Waals surface area (Å²) in [4.78, 5) is 39.0. The Morgan fingerprint density at radius 2 is 2.04 bits per heavy atom. The van der Waals surface area contributed by atoms with Crippen LogP contribution in [0.5, 0.6) is 0 Å². The molecule has 0 N–H and O–H groups in total. The molecule has 7 nitrogen and oxygen atoms in total. The number of rotatable bonds is 6. The summed E-state index contributed by atoms with van der Waals surface area (Å²) >= 11 is 0. The van der Waals surface area contributed by atoms with Crippen molar-refractivity contribution in [1.82, 2.24) is 9.55 Å². The quantitative estimate of drug-likeness (QED) is 0.709. The van der Waals surface area contributed by atoms with Gasteiger partial charge in [-0.25, -0.2) is 9.78 Å². The number of carboxylic acid groups (broad SMARTS) is 1. The predicted octanol–water partition coefficient (Wildman–Crippen LogP) is 0.276. The first-order valence-electron chi connectivity index (χ1n) is 7.38. The highest BCUT2D eigenvalue weighted by atomic mass is 16.5. The summed E-state index contributed by atoms with van der Waals surface area (Å²) in [5.74, 6) is -1.70. The Bertz CT molecular complexity index is 810. The van der Waals surface area contributed by atoms with Gasteiger partial charge in [-0.15, -0.1) is 0 Å². The van der Waals surface area contributed by atoms with Crippen LogP contribution in [0.1, 0.15) is 36.3 Å². The summed E-state index contributed by atoms with van der Waals surface area (Å²) < 4.78 is 6.42. The largest absolute Gasteiger partial charge is 0.550 e. The molecule has 0 aliphatic carbocycles. The maximum atomic E-state index is 12.4. The van der Waals surface area contributed by atoms with Crippen molar-refractivity contribution in [2.75, 3.05) is 6.61 Å². The van der Waals surface area contributed by atoms with Gasteiger partial charge in [-0.05, 0) is 38.5 Å². The van der Waals surface area contributed by atoms with E-state index in [1.54, 1.807) is 32.0 Å². The second-order valence-corrected chi connectivity index (χ2v) is 4.90. The standard InChI is InChI=1S/C16H18N2O5/c1-3-18-13-9-10(16(22)23-4-2)5-6-11(13)17-12(15(18)21)7-8-14(19)20/h5-6,9H,3-4,7-8H2,1-2H3,(H,19,20)/p-1. The molecule has 0 saturated heterocycles. The lowest BCUT2D eigenvalue weighted by Gasteiger charge is -2.12. The fourth-order valence-electron chi connectivity index (χ4n) is 2.33. The second-order valence-electron chi connectivity index (χ2n) is 4.90. The molecule has 1 aromatic heterocycles. The van der Waals surface area contributed by atoms with Crippen LogP contribution in [0.2, 0.25) is 0 Å². The molecule has 1 aromatic carbocycles. The van der Waals surface area contributed by atoms with Crippen LogP contribution < -0.4 is 10.7 Å². The molecule has 2 aromatic rings. The monoisotopic (exact) mass is 317 g/mol. The smallest absolute Gasteiger partial charge is 0.338 e. The summed E-state index contributed by atoms with van der Waals surface area (Å²) in [5.41, 5.74) is 1.19. The average molecular weight is 317 g/mol. The number of hydrogen-bond acceptors (Lipinski definition) is 6. The zero-order valence-corrected chi connectivity index (χ0v) is 13.0. The predicted molar refractivity (Wildman–Crippen MR) is 81.0 cm³/mol. The summed E-state index contributed by atoms with van der Waals surface area (Å²) in [5, 5.41) is 10.6. The second kappa shape index (κ2) is 7.04. The number of fused-ring (bicyclic) bond motifs is 1. The lowest BCUT2D eigenvalue weighted by Crippen LogP contribution is -2.28. The van der Waals surface area contributed by atoms with Crippen LogP contribution in [-0.2, 0) is 22.5 Å². The van der Waals surface area contributed by atoms with Gasteiger partial charge in [0.25, 0.3) is 5.56 Å². The number of nitrogens with zero attached hydrogens (tertiary/aromatic N) is 2. The molecule has 0 bridgehead atoms. The first-order valence-corrected chi connectivity index (χ1v) is 7.38. The number of esters is 1. The number of hydrogen-bond donors (Lipinski definition) is 0. The molecule has 2 rings (SSSR count). The van der Waals surface area contributed by atoms with Crippen LogP contribution in [0.15, 0.2) is 23.0 Å². The molecule has 0 amide bonds. The third-order valence-corrected chi connectivity index (χ3v) is 3.41. The third kappa shape index (κ3) is 3.56. The highest BCUT2D eigenvalue weighted by Gasteiger charge is 2.13. The molecule has 23 heavy (non-hydrogen) atoms. The van der Waals surface area contributed by atoms with Crippen molar-refractivity contribution in [2.24, 2.45) is 0 Å². The van der Waals surface area contributed by atoms with Gasteiger partial charge in [0.2, 0.25) is 0 Å². The number of aryl methyl sites for hydroxylation is 2. The van der Waals surface area contributed by atoms with Crippen molar-refractivity contribution >= 4 is 23.0 Å². The van der Waals surface area contributed by atoms with Crippen LogP contribution in [0.25, 0.3) is 11.0 Å². The molecular weight excluding hydrogens is 300 g/mol. The normalized spacial score (nSPS) is 10.7. The van der Waals surface area contributed by atoms with Crippen molar-refractivity contribution in [3.8, 4) is 0 Å². The van der Waals surface area contributed by atoms with Gasteiger partial charge in [-0.3, -0.25) is 4.79 Å². The first kappa shape index (κ1) is 16.7. The topological polar surface area (TPSA) is 101 Å². The van der Waals surface area contributed by atoms with Gasteiger partial charge < -0.3 is 19.2 Å². The van der Waals surface area contributed by atoms with Gasteiger partial charge in [0.05, 0.1) is 23.2 Å². The van der Waals surface area contributed by atoms with E-state index in [2.05, 4.69) is 4.98 Å². The zero-order chi connectivity index (χ0) is 17.0. The van der Waals surface area contributed by atoms with E-state index in [9.17, 15) is 19.5 Å². The molecular formula is C16H17N2O5-. The van der Waals surface area contributed by atoms with E-state index in [-0.39, 0.29) is 30.7 Å². The number of aliphatic carboxylic acids is 1. The molecule has 0 fully saturated rings. The van der Waals surface area contributed by atoms with E-state index < -0.39 is 11.9 Å². The molecule has 122 valence electrons. The molecule has 0 atom stereocenters. The number of aromatic nitrogens is 2. The molecule has 0 spiro atoms. The van der Waals surface area contributed by atoms with Gasteiger partial charge >= 0.3 is 5.97 Å². The summed E-state index contributed by atoms with van der Waals surface area (Å²) in [6.07, 6.45) is -0.255. The molecule has 7 heteroatoms. The molecule has 0 unspecified atom stereocenters. The van der Waals surface area contributed by atoms with Crippen molar-refractivity contribution in [1.29, 1.82) is 0 Å². The average Bonchev–Trinajstić information content (AvgIpc) is 2.52. The maximum Gasteiger partial charge on any atom is 0.338 e. The zero-order valence-electron chi connectivity index (χ0n) is 13.0. The minimum absolute atomic E-state index is 0.0106. The highest BCUT2D eigenvalue weighted by Crippen LogP contribution is 2.15. The molecule has 1 heterocycles.